The van der Waals surface area contributed by atoms with E-state index in [-0.39, 0.29) is 47.5 Å². The van der Waals surface area contributed by atoms with Gasteiger partial charge in [0, 0.05) is 32.2 Å². The van der Waals surface area contributed by atoms with Gasteiger partial charge in [-0.15, -0.1) is 12.4 Å². The van der Waals surface area contributed by atoms with E-state index in [1.54, 1.807) is 28.0 Å². The second kappa shape index (κ2) is 9.57. The number of rotatable bonds is 4. The Morgan fingerprint density at radius 3 is 2.07 bits per heavy atom. The van der Waals surface area contributed by atoms with Crippen molar-refractivity contribution in [1.82, 2.24) is 9.80 Å². The van der Waals surface area contributed by atoms with Crippen LogP contribution in [0.3, 0.4) is 0 Å². The summed E-state index contributed by atoms with van der Waals surface area (Å²) in [5.74, 6) is -0.577. The molecule has 1 aliphatic heterocycles. The molecule has 2 unspecified atom stereocenters. The molecule has 1 saturated heterocycles. The second-order valence-corrected chi connectivity index (χ2v) is 6.86. The fourth-order valence-electron chi connectivity index (χ4n) is 3.36. The molecule has 0 bridgehead atoms. The van der Waals surface area contributed by atoms with Crippen LogP contribution in [0.2, 0.25) is 0 Å². The van der Waals surface area contributed by atoms with Crippen LogP contribution in [-0.2, 0) is 4.79 Å². The summed E-state index contributed by atoms with van der Waals surface area (Å²) < 4.78 is 0. The summed E-state index contributed by atoms with van der Waals surface area (Å²) in [6, 6.07) is 15.7. The summed E-state index contributed by atoms with van der Waals surface area (Å²) in [4.78, 5) is 28.8. The molecule has 150 valence electrons. The molecule has 6 nitrogen and oxygen atoms in total. The zero-order chi connectivity index (χ0) is 19.4. The van der Waals surface area contributed by atoms with Crippen molar-refractivity contribution in [1.29, 1.82) is 0 Å². The number of nitrogens with two attached hydrogens (primary N) is 1. The minimum atomic E-state index is -0.361. The van der Waals surface area contributed by atoms with Gasteiger partial charge in [0.05, 0.1) is 11.5 Å². The van der Waals surface area contributed by atoms with Crippen LogP contribution in [-0.4, -0.2) is 52.9 Å². The van der Waals surface area contributed by atoms with Crippen molar-refractivity contribution in [2.45, 2.75) is 13.0 Å². The zero-order valence-corrected chi connectivity index (χ0v) is 16.6. The Morgan fingerprint density at radius 2 is 1.46 bits per heavy atom. The van der Waals surface area contributed by atoms with Crippen molar-refractivity contribution in [3.8, 4) is 5.75 Å². The lowest BCUT2D eigenvalue weighted by atomic mass is 9.94. The largest absolute Gasteiger partial charge is 0.507 e. The van der Waals surface area contributed by atoms with Crippen LogP contribution < -0.4 is 5.73 Å². The van der Waals surface area contributed by atoms with Gasteiger partial charge in [0.1, 0.15) is 5.75 Å². The SMILES string of the molecule is CC(C(=O)N1CCN(C(=O)c2ccccc2O)CC1)C(N)c1ccccc1.Cl. The Bertz CT molecular complexity index is 808. The Kier molecular flexibility index (Phi) is 7.43. The zero-order valence-electron chi connectivity index (χ0n) is 15.8. The first-order valence-electron chi connectivity index (χ1n) is 9.15. The molecule has 2 amide bonds. The van der Waals surface area contributed by atoms with E-state index >= 15 is 0 Å². The molecule has 2 atom stereocenters. The number of amides is 2. The Labute approximate surface area is 171 Å². The van der Waals surface area contributed by atoms with Crippen molar-refractivity contribution in [2.24, 2.45) is 11.7 Å². The highest BCUT2D eigenvalue weighted by Gasteiger charge is 2.30. The molecule has 3 rings (SSSR count). The van der Waals surface area contributed by atoms with Crippen LogP contribution in [0.25, 0.3) is 0 Å². The van der Waals surface area contributed by atoms with E-state index in [9.17, 15) is 14.7 Å². The summed E-state index contributed by atoms with van der Waals surface area (Å²) >= 11 is 0. The van der Waals surface area contributed by atoms with Crippen LogP contribution in [0.1, 0.15) is 28.9 Å². The summed E-state index contributed by atoms with van der Waals surface area (Å²) in [6.07, 6.45) is 0. The van der Waals surface area contributed by atoms with E-state index in [1.165, 1.54) is 6.07 Å². The number of aromatic hydroxyl groups is 1. The lowest BCUT2D eigenvalue weighted by Gasteiger charge is -2.37. The number of hydrogen-bond acceptors (Lipinski definition) is 4. The number of carbonyl (C=O) groups excluding carboxylic acids is 2. The first-order valence-corrected chi connectivity index (χ1v) is 9.15. The Hall–Kier alpha value is -2.57. The summed E-state index contributed by atoms with van der Waals surface area (Å²) in [5.41, 5.74) is 7.50. The van der Waals surface area contributed by atoms with E-state index in [0.717, 1.165) is 5.56 Å². The Morgan fingerprint density at radius 1 is 0.929 bits per heavy atom. The molecular formula is C21H26ClN3O3. The number of phenolic OH excluding ortho intramolecular Hbond substituents is 1. The van der Waals surface area contributed by atoms with Crippen molar-refractivity contribution in [3.05, 3.63) is 65.7 Å². The first kappa shape index (κ1) is 21.7. The number of para-hydroxylation sites is 1. The van der Waals surface area contributed by atoms with Gasteiger partial charge >= 0.3 is 0 Å². The van der Waals surface area contributed by atoms with Crippen LogP contribution >= 0.6 is 12.4 Å². The number of carbonyl (C=O) groups is 2. The molecule has 7 heteroatoms. The van der Waals surface area contributed by atoms with Gasteiger partial charge in [-0.25, -0.2) is 0 Å². The average molecular weight is 404 g/mol. The highest BCUT2D eigenvalue weighted by atomic mass is 35.5. The summed E-state index contributed by atoms with van der Waals surface area (Å²) in [6.45, 7) is 3.64. The van der Waals surface area contributed by atoms with Gasteiger partial charge in [-0.3, -0.25) is 9.59 Å². The van der Waals surface area contributed by atoms with Crippen molar-refractivity contribution < 1.29 is 14.7 Å². The van der Waals surface area contributed by atoms with Crippen molar-refractivity contribution in [2.75, 3.05) is 26.2 Å². The standard InChI is InChI=1S/C21H25N3O3.ClH/c1-15(19(22)16-7-3-2-4-8-16)20(26)23-11-13-24(14-12-23)21(27)17-9-5-6-10-18(17)25;/h2-10,15,19,25H,11-14,22H2,1H3;1H. The average Bonchev–Trinajstić information content (AvgIpc) is 2.73. The molecule has 0 aromatic heterocycles. The van der Waals surface area contributed by atoms with Gasteiger partial charge in [0.2, 0.25) is 5.91 Å². The normalized spacial score (nSPS) is 16.1. The molecule has 3 N–H and O–H groups in total. The molecule has 0 spiro atoms. The predicted molar refractivity (Wildman–Crippen MR) is 110 cm³/mol. The molecular weight excluding hydrogens is 378 g/mol. The van der Waals surface area contributed by atoms with Crippen LogP contribution in [0.4, 0.5) is 0 Å². The molecule has 28 heavy (non-hydrogen) atoms. The smallest absolute Gasteiger partial charge is 0.257 e. The second-order valence-electron chi connectivity index (χ2n) is 6.86. The van der Waals surface area contributed by atoms with Crippen molar-refractivity contribution in [3.63, 3.8) is 0 Å². The Balaban J connectivity index is 0.00000280. The third kappa shape index (κ3) is 4.64. The van der Waals surface area contributed by atoms with E-state index in [4.69, 9.17) is 5.73 Å². The number of benzene rings is 2. The fourth-order valence-corrected chi connectivity index (χ4v) is 3.36. The maximum absolute atomic E-state index is 12.8. The number of hydrogen-bond donors (Lipinski definition) is 2. The fraction of sp³-hybridized carbons (Fsp3) is 0.333. The van der Waals surface area contributed by atoms with Gasteiger partial charge in [-0.2, -0.15) is 0 Å². The quantitative estimate of drug-likeness (QED) is 0.820. The molecule has 1 fully saturated rings. The molecule has 2 aromatic carbocycles. The number of nitrogens with zero attached hydrogens (tertiary/aromatic N) is 2. The number of halogens is 1. The molecule has 1 aliphatic rings. The molecule has 2 aromatic rings. The number of piperazine rings is 1. The summed E-state index contributed by atoms with van der Waals surface area (Å²) in [7, 11) is 0. The van der Waals surface area contributed by atoms with Gasteiger partial charge in [-0.1, -0.05) is 49.4 Å². The monoisotopic (exact) mass is 403 g/mol. The van der Waals surface area contributed by atoms with Gasteiger partial charge in [-0.05, 0) is 17.7 Å². The van der Waals surface area contributed by atoms with E-state index in [1.807, 2.05) is 37.3 Å². The third-order valence-corrected chi connectivity index (χ3v) is 5.13. The molecule has 0 aliphatic carbocycles. The molecule has 0 radical (unpaired) electrons. The lowest BCUT2D eigenvalue weighted by molar-refractivity contribution is -0.137. The first-order chi connectivity index (χ1) is 13.0. The highest BCUT2D eigenvalue weighted by Crippen LogP contribution is 2.23. The molecule has 0 saturated carbocycles. The van der Waals surface area contributed by atoms with Crippen LogP contribution in [0.5, 0.6) is 5.75 Å². The number of phenols is 1. The highest BCUT2D eigenvalue weighted by molar-refractivity contribution is 5.97. The van der Waals surface area contributed by atoms with Gasteiger partial charge < -0.3 is 20.6 Å². The predicted octanol–water partition coefficient (Wildman–Crippen LogP) is 2.43. The minimum Gasteiger partial charge on any atom is -0.507 e. The maximum Gasteiger partial charge on any atom is 0.257 e. The van der Waals surface area contributed by atoms with E-state index in [2.05, 4.69) is 0 Å². The van der Waals surface area contributed by atoms with E-state index < -0.39 is 0 Å². The molecule has 1 heterocycles. The topological polar surface area (TPSA) is 86.9 Å². The van der Waals surface area contributed by atoms with E-state index in [0.29, 0.717) is 26.2 Å². The maximum atomic E-state index is 12.8. The van der Waals surface area contributed by atoms with Crippen molar-refractivity contribution >= 4 is 24.2 Å². The summed E-state index contributed by atoms with van der Waals surface area (Å²) in [5, 5.41) is 9.87. The lowest BCUT2D eigenvalue weighted by Crippen LogP contribution is -2.52. The van der Waals surface area contributed by atoms with Gasteiger partial charge in [0.25, 0.3) is 5.91 Å². The van der Waals surface area contributed by atoms with Crippen LogP contribution in [0.15, 0.2) is 54.6 Å². The van der Waals surface area contributed by atoms with Crippen LogP contribution in [0, 0.1) is 5.92 Å². The third-order valence-electron chi connectivity index (χ3n) is 5.13. The minimum absolute atomic E-state index is 0. The van der Waals surface area contributed by atoms with Gasteiger partial charge in [0.15, 0.2) is 0 Å².